The van der Waals surface area contributed by atoms with Crippen LogP contribution >= 0.6 is 11.3 Å². The molecule has 6 heteroatoms. The summed E-state index contributed by atoms with van der Waals surface area (Å²) >= 11 is 1.63. The molecule has 5 nitrogen and oxygen atoms in total. The molecule has 0 atom stereocenters. The van der Waals surface area contributed by atoms with Crippen LogP contribution in [0.1, 0.15) is 24.3 Å². The van der Waals surface area contributed by atoms with Gasteiger partial charge in [0.25, 0.3) is 0 Å². The number of carbonyl (C=O) groups is 2. The number of benzene rings is 3. The number of nitrogens with one attached hydrogen (secondary N) is 1. The molecule has 1 aromatic heterocycles. The lowest BCUT2D eigenvalue weighted by Gasteiger charge is -2.30. The minimum absolute atomic E-state index is 0.00642. The third-order valence-electron chi connectivity index (χ3n) is 5.72. The van der Waals surface area contributed by atoms with E-state index in [1.807, 2.05) is 109 Å². The van der Waals surface area contributed by atoms with Gasteiger partial charge in [-0.2, -0.15) is 0 Å². The summed E-state index contributed by atoms with van der Waals surface area (Å²) in [7, 11) is 0. The lowest BCUT2D eigenvalue weighted by Crippen LogP contribution is -2.47. The first-order valence-electron chi connectivity index (χ1n) is 11.4. The normalized spacial score (nSPS) is 10.9. The number of thiophene rings is 1. The fourth-order valence-electron chi connectivity index (χ4n) is 3.88. The number of anilines is 1. The predicted molar refractivity (Wildman–Crippen MR) is 140 cm³/mol. The van der Waals surface area contributed by atoms with Crippen LogP contribution in [0.4, 0.5) is 10.5 Å². The molecule has 0 spiro atoms. The van der Waals surface area contributed by atoms with Crippen molar-refractivity contribution in [3.05, 3.63) is 101 Å². The maximum Gasteiger partial charge on any atom is 0.322 e. The van der Waals surface area contributed by atoms with Gasteiger partial charge in [0, 0.05) is 22.8 Å². The van der Waals surface area contributed by atoms with Gasteiger partial charge in [-0.3, -0.25) is 4.79 Å². The molecule has 0 unspecified atom stereocenters. The molecule has 3 aromatic carbocycles. The lowest BCUT2D eigenvalue weighted by molar-refractivity contribution is -0.133. The van der Waals surface area contributed by atoms with Crippen LogP contribution in [-0.2, 0) is 17.9 Å². The molecule has 174 valence electrons. The molecule has 3 amide bonds. The van der Waals surface area contributed by atoms with Crippen LogP contribution in [0.5, 0.6) is 0 Å². The summed E-state index contributed by atoms with van der Waals surface area (Å²) in [4.78, 5) is 31.3. The molecule has 0 bridgehead atoms. The quantitative estimate of drug-likeness (QED) is 0.324. The van der Waals surface area contributed by atoms with Gasteiger partial charge in [0.15, 0.2) is 0 Å². The van der Waals surface area contributed by atoms with E-state index in [0.717, 1.165) is 26.9 Å². The van der Waals surface area contributed by atoms with Crippen molar-refractivity contribution in [2.75, 3.05) is 11.9 Å². The number of nitrogens with zero attached hydrogens (tertiary/aromatic N) is 2. The van der Waals surface area contributed by atoms with Gasteiger partial charge in [-0.15, -0.1) is 11.3 Å². The molecular weight excluding hydrogens is 442 g/mol. The van der Waals surface area contributed by atoms with Crippen molar-refractivity contribution in [1.82, 2.24) is 9.80 Å². The highest BCUT2D eigenvalue weighted by atomic mass is 32.1. The highest BCUT2D eigenvalue weighted by Gasteiger charge is 2.24. The molecule has 0 aliphatic rings. The average molecular weight is 472 g/mol. The van der Waals surface area contributed by atoms with Crippen LogP contribution in [0.25, 0.3) is 10.8 Å². The van der Waals surface area contributed by atoms with Gasteiger partial charge in [-0.1, -0.05) is 72.8 Å². The lowest BCUT2D eigenvalue weighted by atomic mass is 10.1. The number of urea groups is 1. The Morgan fingerprint density at radius 2 is 1.59 bits per heavy atom. The van der Waals surface area contributed by atoms with Crippen molar-refractivity contribution >= 4 is 39.7 Å². The van der Waals surface area contributed by atoms with Crippen LogP contribution in [0.2, 0.25) is 0 Å². The maximum absolute atomic E-state index is 13.5. The molecule has 4 rings (SSSR count). The van der Waals surface area contributed by atoms with Crippen molar-refractivity contribution < 1.29 is 9.59 Å². The van der Waals surface area contributed by atoms with E-state index < -0.39 is 0 Å². The van der Waals surface area contributed by atoms with Gasteiger partial charge in [0.05, 0.1) is 12.2 Å². The zero-order valence-electron chi connectivity index (χ0n) is 19.5. The zero-order valence-corrected chi connectivity index (χ0v) is 20.3. The monoisotopic (exact) mass is 471 g/mol. The van der Waals surface area contributed by atoms with Crippen LogP contribution in [-0.4, -0.2) is 34.3 Å². The zero-order chi connectivity index (χ0) is 23.9. The Balaban J connectivity index is 1.52. The molecule has 1 N–H and O–H groups in total. The largest absolute Gasteiger partial charge is 0.332 e. The van der Waals surface area contributed by atoms with Crippen molar-refractivity contribution in [2.24, 2.45) is 0 Å². The first-order chi connectivity index (χ1) is 16.5. The highest BCUT2D eigenvalue weighted by Crippen LogP contribution is 2.23. The minimum Gasteiger partial charge on any atom is -0.332 e. The van der Waals surface area contributed by atoms with Gasteiger partial charge < -0.3 is 15.1 Å². The molecule has 4 aromatic rings. The second kappa shape index (κ2) is 11.0. The molecule has 0 saturated heterocycles. The molecule has 0 radical (unpaired) electrons. The van der Waals surface area contributed by atoms with Crippen molar-refractivity contribution in [3.63, 3.8) is 0 Å². The van der Waals surface area contributed by atoms with Crippen molar-refractivity contribution in [3.8, 4) is 0 Å². The molecular formula is C28H29N3O2S. The number of amides is 3. The predicted octanol–water partition coefficient (Wildman–Crippen LogP) is 6.37. The third-order valence-corrected chi connectivity index (χ3v) is 6.58. The fraction of sp³-hybridized carbons (Fsp3) is 0.214. The Bertz CT molecular complexity index is 1230. The molecule has 0 aliphatic heterocycles. The summed E-state index contributed by atoms with van der Waals surface area (Å²) in [5.41, 5.74) is 1.80. The van der Waals surface area contributed by atoms with Crippen molar-refractivity contribution in [2.45, 2.75) is 33.0 Å². The molecule has 34 heavy (non-hydrogen) atoms. The van der Waals surface area contributed by atoms with Crippen molar-refractivity contribution in [1.29, 1.82) is 0 Å². The summed E-state index contributed by atoms with van der Waals surface area (Å²) in [6, 6.07) is 27.3. The van der Waals surface area contributed by atoms with Gasteiger partial charge in [0.2, 0.25) is 5.91 Å². The van der Waals surface area contributed by atoms with E-state index in [9.17, 15) is 9.59 Å². The van der Waals surface area contributed by atoms with Gasteiger partial charge in [0.1, 0.15) is 6.54 Å². The number of hydrogen-bond donors (Lipinski definition) is 1. The summed E-state index contributed by atoms with van der Waals surface area (Å²) in [6.07, 6.45) is 0. The Morgan fingerprint density at radius 3 is 2.32 bits per heavy atom. The summed E-state index contributed by atoms with van der Waals surface area (Å²) in [6.45, 7) is 4.87. The second-order valence-electron chi connectivity index (χ2n) is 8.49. The molecule has 1 heterocycles. The number of hydrogen-bond acceptors (Lipinski definition) is 3. The third kappa shape index (κ3) is 5.83. The van der Waals surface area contributed by atoms with Crippen LogP contribution < -0.4 is 5.32 Å². The Kier molecular flexibility index (Phi) is 7.60. The van der Waals surface area contributed by atoms with Gasteiger partial charge in [-0.25, -0.2) is 4.79 Å². The standard InChI is InChI=1S/C28H29N3O2S/c1-21(2)31(28(33)29-26-16-8-13-23-12-6-7-15-25(23)26)20-27(32)30(19-24-14-9-17-34-24)18-22-10-4-3-5-11-22/h3-17,21H,18-20H2,1-2H3,(H,29,33). The van der Waals surface area contributed by atoms with Crippen LogP contribution in [0, 0.1) is 0 Å². The Labute approximate surface area is 204 Å². The van der Waals surface area contributed by atoms with E-state index in [0.29, 0.717) is 13.1 Å². The number of rotatable bonds is 8. The van der Waals surface area contributed by atoms with Gasteiger partial charge in [-0.05, 0) is 42.3 Å². The molecule has 0 fully saturated rings. The van der Waals surface area contributed by atoms with E-state index in [2.05, 4.69) is 5.32 Å². The second-order valence-corrected chi connectivity index (χ2v) is 9.53. The molecule has 0 aliphatic carbocycles. The van der Waals surface area contributed by atoms with Gasteiger partial charge >= 0.3 is 6.03 Å². The number of fused-ring (bicyclic) bond motifs is 1. The van der Waals surface area contributed by atoms with E-state index in [1.54, 1.807) is 16.2 Å². The van der Waals surface area contributed by atoms with Crippen LogP contribution in [0.15, 0.2) is 90.3 Å². The van der Waals surface area contributed by atoms with E-state index in [-0.39, 0.29) is 24.5 Å². The summed E-state index contributed by atoms with van der Waals surface area (Å²) in [5, 5.41) is 7.06. The minimum atomic E-state index is -0.282. The van der Waals surface area contributed by atoms with E-state index in [1.165, 1.54) is 0 Å². The molecule has 0 saturated carbocycles. The first-order valence-corrected chi connectivity index (χ1v) is 12.3. The summed E-state index contributed by atoms with van der Waals surface area (Å²) in [5.74, 6) is -0.0842. The number of carbonyl (C=O) groups excluding carboxylic acids is 2. The average Bonchev–Trinajstić information content (AvgIpc) is 3.36. The topological polar surface area (TPSA) is 52.7 Å². The fourth-order valence-corrected chi connectivity index (χ4v) is 4.60. The van der Waals surface area contributed by atoms with Crippen LogP contribution in [0.3, 0.4) is 0 Å². The Hall–Kier alpha value is -3.64. The SMILES string of the molecule is CC(C)N(CC(=O)N(Cc1ccccc1)Cc1cccs1)C(=O)Nc1cccc2ccccc12. The van der Waals surface area contributed by atoms with E-state index in [4.69, 9.17) is 0 Å². The smallest absolute Gasteiger partial charge is 0.322 e. The first kappa shape index (κ1) is 23.5. The highest BCUT2D eigenvalue weighted by molar-refractivity contribution is 7.09. The maximum atomic E-state index is 13.5. The Morgan fingerprint density at radius 1 is 0.853 bits per heavy atom. The van der Waals surface area contributed by atoms with E-state index >= 15 is 0 Å². The summed E-state index contributed by atoms with van der Waals surface area (Å²) < 4.78 is 0.